The summed E-state index contributed by atoms with van der Waals surface area (Å²) in [6.07, 6.45) is 2.51. The van der Waals surface area contributed by atoms with Crippen LogP contribution in [0.15, 0.2) is 23.1 Å². The van der Waals surface area contributed by atoms with E-state index in [-0.39, 0.29) is 0 Å². The van der Waals surface area contributed by atoms with Gasteiger partial charge in [0.1, 0.15) is 0 Å². The standard InChI is InChI=1S/C16H22N4S2/c1-10-15(21-11(2)19-10)9-18-14-5-4-12(8-13(14)17)22-20-16(3)6-7-16/h4-5,8,18,20H,6-7,9,17H2,1-3H3. The van der Waals surface area contributed by atoms with E-state index in [1.807, 2.05) is 19.9 Å². The molecule has 1 aromatic heterocycles. The quantitative estimate of drug-likeness (QED) is 0.548. The summed E-state index contributed by atoms with van der Waals surface area (Å²) in [6, 6.07) is 6.18. The molecule has 1 aromatic carbocycles. The van der Waals surface area contributed by atoms with E-state index in [2.05, 4.69) is 34.1 Å². The minimum atomic E-state index is 0.317. The summed E-state index contributed by atoms with van der Waals surface area (Å²) in [5.41, 5.74) is 9.35. The molecule has 0 amide bonds. The number of aryl methyl sites for hydroxylation is 2. The molecule has 0 spiro atoms. The predicted octanol–water partition coefficient (Wildman–Crippen LogP) is 4.10. The first-order valence-electron chi connectivity index (χ1n) is 7.45. The molecule has 3 rings (SSSR count). The number of nitrogens with one attached hydrogen (secondary N) is 2. The van der Waals surface area contributed by atoms with Gasteiger partial charge in [0.2, 0.25) is 0 Å². The lowest BCUT2D eigenvalue weighted by molar-refractivity contribution is 0.701. The highest BCUT2D eigenvalue weighted by Crippen LogP contribution is 2.38. The van der Waals surface area contributed by atoms with Gasteiger partial charge >= 0.3 is 0 Å². The zero-order valence-corrected chi connectivity index (χ0v) is 14.8. The maximum atomic E-state index is 6.17. The van der Waals surface area contributed by atoms with E-state index in [0.717, 1.165) is 33.5 Å². The molecule has 0 saturated heterocycles. The fraction of sp³-hybridized carbons (Fsp3) is 0.438. The van der Waals surface area contributed by atoms with Gasteiger partial charge in [0.25, 0.3) is 0 Å². The van der Waals surface area contributed by atoms with Crippen LogP contribution in [0.4, 0.5) is 11.4 Å². The maximum absolute atomic E-state index is 6.17. The van der Waals surface area contributed by atoms with Crippen molar-refractivity contribution < 1.29 is 0 Å². The van der Waals surface area contributed by atoms with Crippen LogP contribution in [0.3, 0.4) is 0 Å². The number of nitrogens with two attached hydrogens (primary N) is 1. The summed E-state index contributed by atoms with van der Waals surface area (Å²) in [5, 5.41) is 4.52. The summed E-state index contributed by atoms with van der Waals surface area (Å²) in [7, 11) is 0. The minimum Gasteiger partial charge on any atom is -0.397 e. The molecule has 6 heteroatoms. The van der Waals surface area contributed by atoms with Gasteiger partial charge in [0.15, 0.2) is 0 Å². The Morgan fingerprint density at radius 3 is 2.73 bits per heavy atom. The molecule has 118 valence electrons. The second-order valence-corrected chi connectivity index (χ2v) is 8.28. The van der Waals surface area contributed by atoms with Gasteiger partial charge < -0.3 is 11.1 Å². The molecule has 0 atom stereocenters. The van der Waals surface area contributed by atoms with Crippen LogP contribution >= 0.6 is 23.3 Å². The van der Waals surface area contributed by atoms with E-state index in [4.69, 9.17) is 5.73 Å². The van der Waals surface area contributed by atoms with Crippen molar-refractivity contribution in [3.63, 3.8) is 0 Å². The second-order valence-electron chi connectivity index (χ2n) is 6.11. The third kappa shape index (κ3) is 3.74. The number of nitrogen functional groups attached to an aromatic ring is 1. The van der Waals surface area contributed by atoms with Gasteiger partial charge in [-0.15, -0.1) is 11.3 Å². The largest absolute Gasteiger partial charge is 0.397 e. The van der Waals surface area contributed by atoms with Crippen molar-refractivity contribution >= 4 is 34.7 Å². The summed E-state index contributed by atoms with van der Waals surface area (Å²) in [6.45, 7) is 7.10. The summed E-state index contributed by atoms with van der Waals surface area (Å²) < 4.78 is 3.50. The Morgan fingerprint density at radius 1 is 1.36 bits per heavy atom. The van der Waals surface area contributed by atoms with Crippen molar-refractivity contribution in [3.05, 3.63) is 33.8 Å². The molecule has 1 aliphatic rings. The number of benzene rings is 1. The number of anilines is 2. The fourth-order valence-electron chi connectivity index (χ4n) is 2.15. The van der Waals surface area contributed by atoms with Gasteiger partial charge in [0, 0.05) is 15.3 Å². The van der Waals surface area contributed by atoms with Gasteiger partial charge in [-0.05, 0) is 63.8 Å². The third-order valence-electron chi connectivity index (χ3n) is 3.88. The molecule has 1 heterocycles. The minimum absolute atomic E-state index is 0.317. The van der Waals surface area contributed by atoms with E-state index in [9.17, 15) is 0 Å². The van der Waals surface area contributed by atoms with Gasteiger partial charge in [0.05, 0.1) is 28.6 Å². The van der Waals surface area contributed by atoms with Crippen molar-refractivity contribution in [2.45, 2.75) is 50.6 Å². The molecular weight excluding hydrogens is 312 g/mol. The zero-order chi connectivity index (χ0) is 15.7. The Bertz CT molecular complexity index is 677. The van der Waals surface area contributed by atoms with E-state index in [1.54, 1.807) is 23.3 Å². The van der Waals surface area contributed by atoms with Crippen LogP contribution in [0.5, 0.6) is 0 Å². The van der Waals surface area contributed by atoms with Crippen LogP contribution < -0.4 is 15.8 Å². The number of rotatable bonds is 6. The number of nitrogens with zero attached hydrogens (tertiary/aromatic N) is 1. The Labute approximate surface area is 140 Å². The molecule has 4 N–H and O–H groups in total. The molecule has 22 heavy (non-hydrogen) atoms. The van der Waals surface area contributed by atoms with Crippen LogP contribution in [0, 0.1) is 13.8 Å². The highest BCUT2D eigenvalue weighted by atomic mass is 32.2. The topological polar surface area (TPSA) is 63.0 Å². The van der Waals surface area contributed by atoms with Crippen molar-refractivity contribution in [2.24, 2.45) is 0 Å². The van der Waals surface area contributed by atoms with Crippen LogP contribution in [0.1, 0.15) is 35.3 Å². The van der Waals surface area contributed by atoms with Crippen molar-refractivity contribution in [3.8, 4) is 0 Å². The molecule has 4 nitrogen and oxygen atoms in total. The number of hydrogen-bond acceptors (Lipinski definition) is 6. The van der Waals surface area contributed by atoms with Gasteiger partial charge in [-0.25, -0.2) is 4.98 Å². The molecule has 0 bridgehead atoms. The summed E-state index contributed by atoms with van der Waals surface area (Å²) in [4.78, 5) is 6.87. The normalized spacial score (nSPS) is 15.8. The van der Waals surface area contributed by atoms with Crippen molar-refractivity contribution in [1.82, 2.24) is 9.71 Å². The smallest absolute Gasteiger partial charge is 0.0900 e. The lowest BCUT2D eigenvalue weighted by Crippen LogP contribution is -2.19. The Kier molecular flexibility index (Phi) is 4.34. The van der Waals surface area contributed by atoms with Gasteiger partial charge in [-0.1, -0.05) is 0 Å². The van der Waals surface area contributed by atoms with E-state index < -0.39 is 0 Å². The average Bonchev–Trinajstić information content (AvgIpc) is 3.11. The molecule has 0 aliphatic heterocycles. The van der Waals surface area contributed by atoms with Crippen molar-refractivity contribution in [1.29, 1.82) is 0 Å². The number of aromatic nitrogens is 1. The second kappa shape index (κ2) is 6.10. The first-order valence-corrected chi connectivity index (χ1v) is 9.09. The maximum Gasteiger partial charge on any atom is 0.0900 e. The highest BCUT2D eigenvalue weighted by molar-refractivity contribution is 7.97. The average molecular weight is 335 g/mol. The van der Waals surface area contributed by atoms with E-state index >= 15 is 0 Å². The third-order valence-corrected chi connectivity index (χ3v) is 6.03. The molecule has 1 fully saturated rings. The lowest BCUT2D eigenvalue weighted by atomic mass is 10.2. The predicted molar refractivity (Wildman–Crippen MR) is 96.4 cm³/mol. The first kappa shape index (κ1) is 15.6. The van der Waals surface area contributed by atoms with Crippen molar-refractivity contribution in [2.75, 3.05) is 11.1 Å². The van der Waals surface area contributed by atoms with Gasteiger partial charge in [-0.3, -0.25) is 4.72 Å². The summed E-state index contributed by atoms with van der Waals surface area (Å²) in [5.74, 6) is 0. The lowest BCUT2D eigenvalue weighted by Gasteiger charge is -2.13. The van der Waals surface area contributed by atoms with E-state index in [0.29, 0.717) is 5.54 Å². The van der Waals surface area contributed by atoms with Crippen LogP contribution in [-0.2, 0) is 6.54 Å². The van der Waals surface area contributed by atoms with Crippen LogP contribution in [-0.4, -0.2) is 10.5 Å². The van der Waals surface area contributed by atoms with Gasteiger partial charge in [-0.2, -0.15) is 0 Å². The molecule has 2 aromatic rings. The fourth-order valence-corrected chi connectivity index (χ4v) is 3.92. The van der Waals surface area contributed by atoms with Crippen LogP contribution in [0.25, 0.3) is 0 Å². The molecule has 0 unspecified atom stereocenters. The molecule has 0 radical (unpaired) electrons. The monoisotopic (exact) mass is 334 g/mol. The molecular formula is C16H22N4S2. The number of thiazole rings is 1. The Balaban J connectivity index is 1.60. The summed E-state index contributed by atoms with van der Waals surface area (Å²) >= 11 is 3.40. The Morgan fingerprint density at radius 2 is 2.14 bits per heavy atom. The molecule has 1 aliphatic carbocycles. The Hall–Kier alpha value is -1.24. The SMILES string of the molecule is Cc1nc(C)c(CNc2ccc(SNC3(C)CC3)cc2N)s1. The first-order chi connectivity index (χ1) is 10.5. The van der Waals surface area contributed by atoms with Crippen LogP contribution in [0.2, 0.25) is 0 Å². The zero-order valence-electron chi connectivity index (χ0n) is 13.2. The highest BCUT2D eigenvalue weighted by Gasteiger charge is 2.36. The van der Waals surface area contributed by atoms with E-state index in [1.165, 1.54) is 17.7 Å². The number of hydrogen-bond donors (Lipinski definition) is 3. The molecule has 1 saturated carbocycles.